The summed E-state index contributed by atoms with van der Waals surface area (Å²) in [5, 5.41) is 3.27. The fourth-order valence-corrected chi connectivity index (χ4v) is 5.92. The summed E-state index contributed by atoms with van der Waals surface area (Å²) in [7, 11) is -0.512. The predicted molar refractivity (Wildman–Crippen MR) is 75.8 cm³/mol. The molecule has 0 aliphatic carbocycles. The van der Waals surface area contributed by atoms with E-state index >= 15 is 0 Å². The van der Waals surface area contributed by atoms with Crippen molar-refractivity contribution in [2.75, 3.05) is 0 Å². The van der Waals surface area contributed by atoms with Crippen LogP contribution < -0.4 is 10.4 Å². The van der Waals surface area contributed by atoms with Crippen LogP contribution in [0.1, 0.15) is 17.5 Å². The van der Waals surface area contributed by atoms with Gasteiger partial charge in [0.05, 0.1) is 0 Å². The Hall–Kier alpha value is -1.34. The van der Waals surface area contributed by atoms with E-state index in [9.17, 15) is 0 Å². The molecule has 1 heteroatoms. The molecule has 0 saturated heterocycles. The number of aryl methyl sites for hydroxylation is 2. The zero-order chi connectivity index (χ0) is 11.7. The van der Waals surface area contributed by atoms with E-state index < -0.39 is 8.80 Å². The van der Waals surface area contributed by atoms with Gasteiger partial charge in [-0.15, -0.1) is 0 Å². The largest absolute Gasteiger partial charge is 0.122 e. The number of rotatable bonds is 1. The molecule has 85 valence electrons. The van der Waals surface area contributed by atoms with E-state index in [1.807, 2.05) is 0 Å². The third kappa shape index (κ3) is 1.95. The van der Waals surface area contributed by atoms with Crippen molar-refractivity contribution in [3.8, 4) is 0 Å². The minimum absolute atomic E-state index is 0.512. The van der Waals surface area contributed by atoms with Crippen LogP contribution in [-0.2, 0) is 6.42 Å². The smallest absolute Gasteiger partial charge is 0.0626 e. The van der Waals surface area contributed by atoms with Crippen LogP contribution in [0, 0.1) is 6.92 Å². The van der Waals surface area contributed by atoms with Gasteiger partial charge >= 0.3 is 0 Å². The minimum Gasteiger partial charge on any atom is -0.0626 e. The maximum absolute atomic E-state index is 2.36. The molecule has 2 aromatic carbocycles. The predicted octanol–water partition coefficient (Wildman–Crippen LogP) is 2.55. The summed E-state index contributed by atoms with van der Waals surface area (Å²) in [4.78, 5) is 0. The number of fused-ring (bicyclic) bond motifs is 1. The second-order valence-corrected chi connectivity index (χ2v) is 7.34. The van der Waals surface area contributed by atoms with Crippen LogP contribution in [0.3, 0.4) is 0 Å². The molecule has 0 bridgehead atoms. The van der Waals surface area contributed by atoms with Crippen LogP contribution in [0.4, 0.5) is 0 Å². The molecule has 0 spiro atoms. The van der Waals surface area contributed by atoms with Gasteiger partial charge in [-0.2, -0.15) is 0 Å². The lowest BCUT2D eigenvalue weighted by Crippen LogP contribution is -2.47. The highest BCUT2D eigenvalue weighted by Gasteiger charge is 2.24. The van der Waals surface area contributed by atoms with Gasteiger partial charge in [0, 0.05) is 0 Å². The standard InChI is InChI=1S/C16H17Si/c1-13-7-2-4-10-15(13)17-12-6-9-14-8-3-5-11-16(14)17/h2-5,7-8,10-11H,6,9,12H2,1H3. The second-order valence-electron chi connectivity index (χ2n) is 4.80. The Labute approximate surface area is 105 Å². The van der Waals surface area contributed by atoms with Crippen molar-refractivity contribution >= 4 is 19.2 Å². The molecule has 0 amide bonds. The van der Waals surface area contributed by atoms with Crippen molar-refractivity contribution in [2.24, 2.45) is 0 Å². The molecule has 0 N–H and O–H groups in total. The molecule has 0 nitrogen and oxygen atoms in total. The highest BCUT2D eigenvalue weighted by atomic mass is 28.3. The quantitative estimate of drug-likeness (QED) is 0.669. The topological polar surface area (TPSA) is 0 Å². The van der Waals surface area contributed by atoms with Gasteiger partial charge in [0.1, 0.15) is 8.80 Å². The van der Waals surface area contributed by atoms with Gasteiger partial charge in [-0.3, -0.25) is 0 Å². The van der Waals surface area contributed by atoms with Crippen LogP contribution in [-0.4, -0.2) is 8.80 Å². The summed E-state index contributed by atoms with van der Waals surface area (Å²) in [5.41, 5.74) is 3.06. The van der Waals surface area contributed by atoms with Gasteiger partial charge in [0.2, 0.25) is 0 Å². The molecule has 17 heavy (non-hydrogen) atoms. The summed E-state index contributed by atoms with van der Waals surface area (Å²) in [6, 6.07) is 19.4. The first-order chi connectivity index (χ1) is 8.36. The van der Waals surface area contributed by atoms with Gasteiger partial charge < -0.3 is 0 Å². The SMILES string of the molecule is Cc1ccccc1[Si]1CCCc2ccccc21. The molecule has 0 aromatic heterocycles. The number of hydrogen-bond acceptors (Lipinski definition) is 0. The molecule has 3 rings (SSSR count). The van der Waals surface area contributed by atoms with Crippen LogP contribution in [0.2, 0.25) is 6.04 Å². The van der Waals surface area contributed by atoms with Crippen LogP contribution in [0.25, 0.3) is 0 Å². The third-order valence-corrected chi connectivity index (χ3v) is 6.89. The molecule has 1 heterocycles. The summed E-state index contributed by atoms with van der Waals surface area (Å²) in [5.74, 6) is 0. The van der Waals surface area contributed by atoms with Gasteiger partial charge in [-0.1, -0.05) is 76.9 Å². The van der Waals surface area contributed by atoms with E-state index in [0.29, 0.717) is 0 Å². The monoisotopic (exact) mass is 237 g/mol. The van der Waals surface area contributed by atoms with E-state index in [4.69, 9.17) is 0 Å². The van der Waals surface area contributed by atoms with E-state index in [2.05, 4.69) is 55.5 Å². The fourth-order valence-electron chi connectivity index (χ4n) is 2.81. The van der Waals surface area contributed by atoms with Gasteiger partial charge in [-0.25, -0.2) is 0 Å². The van der Waals surface area contributed by atoms with E-state index in [1.54, 1.807) is 15.9 Å². The maximum atomic E-state index is 2.36. The van der Waals surface area contributed by atoms with Crippen molar-refractivity contribution in [1.82, 2.24) is 0 Å². The lowest BCUT2D eigenvalue weighted by atomic mass is 10.1. The maximum Gasteiger partial charge on any atom is 0.122 e. The summed E-state index contributed by atoms with van der Waals surface area (Å²) in [6.45, 7) is 2.25. The lowest BCUT2D eigenvalue weighted by Gasteiger charge is -2.25. The zero-order valence-electron chi connectivity index (χ0n) is 10.2. The number of benzene rings is 2. The van der Waals surface area contributed by atoms with Crippen LogP contribution in [0.15, 0.2) is 48.5 Å². The van der Waals surface area contributed by atoms with Gasteiger partial charge in [0.25, 0.3) is 0 Å². The van der Waals surface area contributed by atoms with Crippen molar-refractivity contribution in [3.63, 3.8) is 0 Å². The first-order valence-corrected chi connectivity index (χ1v) is 8.07. The summed E-state index contributed by atoms with van der Waals surface area (Å²) in [6.07, 6.45) is 2.63. The molecular formula is C16H17Si. The third-order valence-electron chi connectivity index (χ3n) is 3.69. The zero-order valence-corrected chi connectivity index (χ0v) is 11.2. The van der Waals surface area contributed by atoms with E-state index in [0.717, 1.165) is 0 Å². The Kier molecular flexibility index (Phi) is 2.85. The molecule has 0 saturated carbocycles. The van der Waals surface area contributed by atoms with E-state index in [1.165, 1.54) is 24.4 Å². The molecule has 0 unspecified atom stereocenters. The molecule has 1 aliphatic heterocycles. The van der Waals surface area contributed by atoms with Crippen molar-refractivity contribution < 1.29 is 0 Å². The molecule has 2 aromatic rings. The average Bonchev–Trinajstić information content (AvgIpc) is 2.39. The highest BCUT2D eigenvalue weighted by molar-refractivity contribution is 6.86. The summed E-state index contributed by atoms with van der Waals surface area (Å²) >= 11 is 0. The van der Waals surface area contributed by atoms with Crippen molar-refractivity contribution in [2.45, 2.75) is 25.8 Å². The van der Waals surface area contributed by atoms with Crippen LogP contribution >= 0.6 is 0 Å². The van der Waals surface area contributed by atoms with Gasteiger partial charge in [-0.05, 0) is 18.9 Å². The highest BCUT2D eigenvalue weighted by Crippen LogP contribution is 2.15. The van der Waals surface area contributed by atoms with Crippen molar-refractivity contribution in [1.29, 1.82) is 0 Å². The minimum atomic E-state index is -0.512. The van der Waals surface area contributed by atoms with Crippen LogP contribution in [0.5, 0.6) is 0 Å². The molecule has 0 atom stereocenters. The molecular weight excluding hydrogens is 220 g/mol. The Morgan fingerprint density at radius 3 is 2.41 bits per heavy atom. The lowest BCUT2D eigenvalue weighted by molar-refractivity contribution is 0.901. The fraction of sp³-hybridized carbons (Fsp3) is 0.250. The normalized spacial score (nSPS) is 15.6. The Morgan fingerprint density at radius 2 is 1.59 bits per heavy atom. The Morgan fingerprint density at radius 1 is 0.882 bits per heavy atom. The molecule has 1 radical (unpaired) electrons. The average molecular weight is 237 g/mol. The van der Waals surface area contributed by atoms with E-state index in [-0.39, 0.29) is 0 Å². The second kappa shape index (κ2) is 4.50. The Balaban J connectivity index is 2.09. The first kappa shape index (κ1) is 10.8. The molecule has 0 fully saturated rings. The summed E-state index contributed by atoms with van der Waals surface area (Å²) < 4.78 is 0. The van der Waals surface area contributed by atoms with Crippen molar-refractivity contribution in [3.05, 3.63) is 59.7 Å². The molecule has 1 aliphatic rings. The van der Waals surface area contributed by atoms with Gasteiger partial charge in [0.15, 0.2) is 0 Å². The first-order valence-electron chi connectivity index (χ1n) is 6.36. The number of hydrogen-bond donors (Lipinski definition) is 0. The Bertz CT molecular complexity index is 531.